The van der Waals surface area contributed by atoms with Crippen LogP contribution in [0.4, 0.5) is 5.82 Å². The van der Waals surface area contributed by atoms with Crippen molar-refractivity contribution in [2.24, 2.45) is 5.92 Å². The molecule has 7 heteroatoms. The lowest BCUT2D eigenvalue weighted by Gasteiger charge is -2.33. The standard InChI is InChI=1S/C24H25ClN4O2/c1-17-6-2-3-10-21(17)31-24-22(26-11-12-27-24)29-13-5-8-19(16-29)23(30)28-15-18-7-4-9-20(25)14-18/h2-4,6-7,9-12,14,19H,5,8,13,15-16H2,1H3,(H,28,30). The number of ether oxygens (including phenoxy) is 1. The molecule has 1 fully saturated rings. The van der Waals surface area contributed by atoms with Crippen LogP contribution in [-0.2, 0) is 11.3 Å². The molecule has 1 amide bonds. The molecule has 0 saturated carbocycles. The average Bonchev–Trinajstić information content (AvgIpc) is 2.79. The molecule has 2 aromatic carbocycles. The molecule has 1 atom stereocenters. The SMILES string of the molecule is Cc1ccccc1Oc1nccnc1N1CCCC(C(=O)NCc2cccc(Cl)c2)C1. The largest absolute Gasteiger partial charge is 0.436 e. The minimum atomic E-state index is -0.124. The fraction of sp³-hybridized carbons (Fsp3) is 0.292. The van der Waals surface area contributed by atoms with Crippen LogP contribution in [0, 0.1) is 12.8 Å². The highest BCUT2D eigenvalue weighted by Crippen LogP contribution is 2.32. The van der Waals surface area contributed by atoms with Gasteiger partial charge in [0, 0.05) is 37.1 Å². The normalized spacial score (nSPS) is 16.1. The van der Waals surface area contributed by atoms with Crippen LogP contribution in [0.2, 0.25) is 5.02 Å². The number of amides is 1. The number of rotatable bonds is 6. The Hall–Kier alpha value is -3.12. The van der Waals surface area contributed by atoms with E-state index in [1.807, 2.05) is 55.5 Å². The van der Waals surface area contributed by atoms with Crippen LogP contribution in [0.3, 0.4) is 0 Å². The van der Waals surface area contributed by atoms with Crippen molar-refractivity contribution in [1.29, 1.82) is 0 Å². The van der Waals surface area contributed by atoms with Crippen LogP contribution in [0.15, 0.2) is 60.9 Å². The summed E-state index contributed by atoms with van der Waals surface area (Å²) in [7, 11) is 0. The summed E-state index contributed by atoms with van der Waals surface area (Å²) in [5.74, 6) is 1.78. The molecule has 0 radical (unpaired) electrons. The van der Waals surface area contributed by atoms with E-state index >= 15 is 0 Å². The molecule has 0 aliphatic carbocycles. The van der Waals surface area contributed by atoms with Gasteiger partial charge in [-0.2, -0.15) is 0 Å². The summed E-state index contributed by atoms with van der Waals surface area (Å²) >= 11 is 6.03. The molecule has 1 unspecified atom stereocenters. The fourth-order valence-corrected chi connectivity index (χ4v) is 3.96. The van der Waals surface area contributed by atoms with Crippen molar-refractivity contribution in [2.45, 2.75) is 26.3 Å². The number of nitrogens with zero attached hydrogens (tertiary/aromatic N) is 3. The smallest absolute Gasteiger partial charge is 0.263 e. The van der Waals surface area contributed by atoms with E-state index in [0.29, 0.717) is 29.8 Å². The number of aryl methyl sites for hydroxylation is 1. The number of halogens is 1. The van der Waals surface area contributed by atoms with Crippen molar-refractivity contribution in [1.82, 2.24) is 15.3 Å². The van der Waals surface area contributed by atoms with Gasteiger partial charge >= 0.3 is 0 Å². The van der Waals surface area contributed by atoms with Crippen LogP contribution in [0.25, 0.3) is 0 Å². The average molecular weight is 437 g/mol. The molecule has 3 aromatic rings. The summed E-state index contributed by atoms with van der Waals surface area (Å²) < 4.78 is 6.08. The summed E-state index contributed by atoms with van der Waals surface area (Å²) in [6.07, 6.45) is 5.01. The van der Waals surface area contributed by atoms with Gasteiger partial charge in [0.15, 0.2) is 5.82 Å². The number of hydrogen-bond acceptors (Lipinski definition) is 5. The number of anilines is 1. The van der Waals surface area contributed by atoms with Crippen molar-refractivity contribution in [3.8, 4) is 11.6 Å². The first-order chi connectivity index (χ1) is 15.1. The molecule has 1 N–H and O–H groups in total. The first-order valence-corrected chi connectivity index (χ1v) is 10.8. The van der Waals surface area contributed by atoms with Crippen LogP contribution in [0.5, 0.6) is 11.6 Å². The Balaban J connectivity index is 1.44. The van der Waals surface area contributed by atoms with E-state index in [1.54, 1.807) is 12.4 Å². The van der Waals surface area contributed by atoms with Gasteiger partial charge in [-0.3, -0.25) is 4.79 Å². The third-order valence-corrected chi connectivity index (χ3v) is 5.63. The predicted molar refractivity (Wildman–Crippen MR) is 122 cm³/mol. The van der Waals surface area contributed by atoms with E-state index < -0.39 is 0 Å². The fourth-order valence-electron chi connectivity index (χ4n) is 3.75. The van der Waals surface area contributed by atoms with E-state index in [2.05, 4.69) is 20.2 Å². The van der Waals surface area contributed by atoms with Crippen molar-refractivity contribution < 1.29 is 9.53 Å². The topological polar surface area (TPSA) is 67.4 Å². The molecule has 1 aliphatic heterocycles. The second kappa shape index (κ2) is 9.79. The van der Waals surface area contributed by atoms with Gasteiger partial charge in [-0.05, 0) is 49.1 Å². The van der Waals surface area contributed by atoms with Gasteiger partial charge in [0.25, 0.3) is 5.88 Å². The highest BCUT2D eigenvalue weighted by atomic mass is 35.5. The molecule has 2 heterocycles. The lowest BCUT2D eigenvalue weighted by atomic mass is 9.97. The number of benzene rings is 2. The lowest BCUT2D eigenvalue weighted by Crippen LogP contribution is -2.43. The number of hydrogen-bond donors (Lipinski definition) is 1. The molecule has 0 spiro atoms. The Bertz CT molecular complexity index is 1060. The maximum absolute atomic E-state index is 12.8. The summed E-state index contributed by atoms with van der Waals surface area (Å²) in [4.78, 5) is 23.8. The van der Waals surface area contributed by atoms with E-state index in [1.165, 1.54) is 0 Å². The van der Waals surface area contributed by atoms with E-state index in [4.69, 9.17) is 16.3 Å². The maximum atomic E-state index is 12.8. The minimum Gasteiger partial charge on any atom is -0.436 e. The molecule has 1 aromatic heterocycles. The third-order valence-electron chi connectivity index (χ3n) is 5.39. The molecular formula is C24H25ClN4O2. The number of para-hydroxylation sites is 1. The van der Waals surface area contributed by atoms with Crippen LogP contribution < -0.4 is 15.0 Å². The zero-order valence-corrected chi connectivity index (χ0v) is 18.2. The van der Waals surface area contributed by atoms with Gasteiger partial charge in [0.2, 0.25) is 5.91 Å². The monoisotopic (exact) mass is 436 g/mol. The molecule has 1 aliphatic rings. The molecule has 160 valence electrons. The molecule has 1 saturated heterocycles. The number of carbonyl (C=O) groups is 1. The first kappa shape index (κ1) is 21.1. The van der Waals surface area contributed by atoms with Gasteiger partial charge < -0.3 is 15.0 Å². The molecule has 4 rings (SSSR count). The van der Waals surface area contributed by atoms with Crippen molar-refractivity contribution in [3.05, 3.63) is 77.1 Å². The molecule has 0 bridgehead atoms. The van der Waals surface area contributed by atoms with E-state index in [0.717, 1.165) is 36.3 Å². The number of nitrogens with one attached hydrogen (secondary N) is 1. The van der Waals surface area contributed by atoms with Crippen LogP contribution in [0.1, 0.15) is 24.0 Å². The summed E-state index contributed by atoms with van der Waals surface area (Å²) in [6.45, 7) is 3.83. The lowest BCUT2D eigenvalue weighted by molar-refractivity contribution is -0.125. The Morgan fingerprint density at radius 1 is 1.19 bits per heavy atom. The predicted octanol–water partition coefficient (Wildman–Crippen LogP) is 4.76. The summed E-state index contributed by atoms with van der Waals surface area (Å²) in [5.41, 5.74) is 2.01. The quantitative estimate of drug-likeness (QED) is 0.603. The second-order valence-corrected chi connectivity index (χ2v) is 8.12. The number of aromatic nitrogens is 2. The molecular weight excluding hydrogens is 412 g/mol. The van der Waals surface area contributed by atoms with Crippen LogP contribution in [-0.4, -0.2) is 29.0 Å². The van der Waals surface area contributed by atoms with Gasteiger partial charge in [-0.25, -0.2) is 9.97 Å². The van der Waals surface area contributed by atoms with Gasteiger partial charge in [0.1, 0.15) is 5.75 Å². The van der Waals surface area contributed by atoms with Gasteiger partial charge in [-0.1, -0.05) is 41.9 Å². The van der Waals surface area contributed by atoms with Crippen molar-refractivity contribution in [2.75, 3.05) is 18.0 Å². The van der Waals surface area contributed by atoms with Crippen molar-refractivity contribution in [3.63, 3.8) is 0 Å². The molecule has 6 nitrogen and oxygen atoms in total. The first-order valence-electron chi connectivity index (χ1n) is 10.4. The Morgan fingerprint density at radius 3 is 2.87 bits per heavy atom. The molecule has 31 heavy (non-hydrogen) atoms. The highest BCUT2D eigenvalue weighted by Gasteiger charge is 2.28. The number of piperidine rings is 1. The van der Waals surface area contributed by atoms with Crippen molar-refractivity contribution >= 4 is 23.3 Å². The van der Waals surface area contributed by atoms with Crippen LogP contribution >= 0.6 is 11.6 Å². The zero-order chi connectivity index (χ0) is 21.6. The third kappa shape index (κ3) is 5.33. The van der Waals surface area contributed by atoms with E-state index in [9.17, 15) is 4.79 Å². The summed E-state index contributed by atoms with van der Waals surface area (Å²) in [5, 5.41) is 3.70. The minimum absolute atomic E-state index is 0.0370. The Labute approximate surface area is 187 Å². The Kier molecular flexibility index (Phi) is 6.67. The second-order valence-electron chi connectivity index (χ2n) is 7.69. The van der Waals surface area contributed by atoms with Gasteiger partial charge in [-0.15, -0.1) is 0 Å². The van der Waals surface area contributed by atoms with Gasteiger partial charge in [0.05, 0.1) is 5.92 Å². The maximum Gasteiger partial charge on any atom is 0.263 e. The number of carbonyl (C=O) groups excluding carboxylic acids is 1. The van der Waals surface area contributed by atoms with E-state index in [-0.39, 0.29) is 11.8 Å². The summed E-state index contributed by atoms with van der Waals surface area (Å²) in [6, 6.07) is 15.3. The zero-order valence-electron chi connectivity index (χ0n) is 17.4. The highest BCUT2D eigenvalue weighted by molar-refractivity contribution is 6.30. The Morgan fingerprint density at radius 2 is 2.03 bits per heavy atom.